The molecule has 1 N–H and O–H groups in total. The number of anilines is 1. The van der Waals surface area contributed by atoms with Crippen LogP contribution in [0.1, 0.15) is 46.2 Å². The molecule has 1 aromatic carbocycles. The Morgan fingerprint density at radius 2 is 2.14 bits per heavy atom. The predicted molar refractivity (Wildman–Crippen MR) is 106 cm³/mol. The van der Waals surface area contributed by atoms with Crippen molar-refractivity contribution in [2.75, 3.05) is 12.4 Å². The molecular weight excluding hydrogens is 424 g/mol. The summed E-state index contributed by atoms with van der Waals surface area (Å²) in [6.07, 6.45) is -0.838. The molecule has 0 atom stereocenters. The Labute approximate surface area is 173 Å². The summed E-state index contributed by atoms with van der Waals surface area (Å²) in [5.41, 5.74) is 0.813. The molecule has 1 aliphatic rings. The van der Waals surface area contributed by atoms with Crippen LogP contribution in [0.4, 0.5) is 14.5 Å². The zero-order chi connectivity index (χ0) is 20.7. The van der Waals surface area contributed by atoms with Crippen LogP contribution in [0.3, 0.4) is 0 Å². The van der Waals surface area contributed by atoms with Crippen molar-refractivity contribution < 1.29 is 23.1 Å². The van der Waals surface area contributed by atoms with Gasteiger partial charge in [-0.15, -0.1) is 11.3 Å². The molecule has 1 aliphatic carbocycles. The van der Waals surface area contributed by atoms with Gasteiger partial charge in [-0.2, -0.15) is 5.10 Å². The fraction of sp³-hybridized carbons (Fsp3) is 0.316. The van der Waals surface area contributed by atoms with Crippen LogP contribution in [-0.4, -0.2) is 28.8 Å². The second-order valence-electron chi connectivity index (χ2n) is 6.72. The van der Waals surface area contributed by atoms with Crippen molar-refractivity contribution in [1.82, 2.24) is 9.78 Å². The summed E-state index contributed by atoms with van der Waals surface area (Å²) in [5, 5.41) is 7.81. The highest BCUT2D eigenvalue weighted by Crippen LogP contribution is 2.40. The molecule has 6 nitrogen and oxygen atoms in total. The highest BCUT2D eigenvalue weighted by atomic mass is 35.5. The summed E-state index contributed by atoms with van der Waals surface area (Å²) >= 11 is 7.36. The number of alkyl halides is 2. The standard InChI is InChI=1S/C19H16ClF2N3O3S/c1-28-19(27)17-16(20)11-5-4-10(6-14(11)29-17)23-15(26)8-25-13(18(21)22)7-12(24-25)9-2-3-9/h4-7,9,18H,2-3,8H2,1H3,(H,23,26). The van der Waals surface area contributed by atoms with Gasteiger partial charge in [-0.1, -0.05) is 11.6 Å². The second-order valence-corrected chi connectivity index (χ2v) is 8.15. The van der Waals surface area contributed by atoms with Crippen LogP contribution in [0.15, 0.2) is 24.3 Å². The highest BCUT2D eigenvalue weighted by Gasteiger charge is 2.29. The van der Waals surface area contributed by atoms with Gasteiger partial charge in [0.05, 0.1) is 17.8 Å². The molecule has 3 aromatic rings. The van der Waals surface area contributed by atoms with Crippen LogP contribution in [0.5, 0.6) is 0 Å². The average Bonchev–Trinajstić information content (AvgIpc) is 3.37. The first-order chi connectivity index (χ1) is 13.9. The monoisotopic (exact) mass is 439 g/mol. The Kier molecular flexibility index (Phi) is 5.26. The Hall–Kier alpha value is -2.52. The molecule has 1 amide bonds. The van der Waals surface area contributed by atoms with E-state index < -0.39 is 18.3 Å². The Morgan fingerprint density at radius 3 is 2.79 bits per heavy atom. The number of esters is 1. The van der Waals surface area contributed by atoms with Gasteiger partial charge in [0.2, 0.25) is 5.91 Å². The van der Waals surface area contributed by atoms with Crippen LogP contribution in [0.25, 0.3) is 10.1 Å². The van der Waals surface area contributed by atoms with Crippen molar-refractivity contribution in [2.24, 2.45) is 0 Å². The maximum Gasteiger partial charge on any atom is 0.349 e. The number of amides is 1. The molecule has 0 spiro atoms. The molecule has 0 unspecified atom stereocenters. The van der Waals surface area contributed by atoms with Crippen molar-refractivity contribution in [3.63, 3.8) is 0 Å². The van der Waals surface area contributed by atoms with Crippen molar-refractivity contribution in [2.45, 2.75) is 31.7 Å². The quantitative estimate of drug-likeness (QED) is 0.549. The van der Waals surface area contributed by atoms with E-state index >= 15 is 0 Å². The molecule has 0 aliphatic heterocycles. The molecule has 1 saturated carbocycles. The van der Waals surface area contributed by atoms with Crippen LogP contribution in [0.2, 0.25) is 5.02 Å². The number of ether oxygens (including phenoxy) is 1. The number of hydrogen-bond acceptors (Lipinski definition) is 5. The van der Waals surface area contributed by atoms with Gasteiger partial charge in [-0.05, 0) is 37.1 Å². The predicted octanol–water partition coefficient (Wildman–Crippen LogP) is 4.99. The van der Waals surface area contributed by atoms with Gasteiger partial charge in [0.1, 0.15) is 17.1 Å². The number of nitrogens with zero attached hydrogens (tertiary/aromatic N) is 2. The van der Waals surface area contributed by atoms with Gasteiger partial charge in [0, 0.05) is 21.7 Å². The Bertz CT molecular complexity index is 1110. The van der Waals surface area contributed by atoms with Gasteiger partial charge >= 0.3 is 5.97 Å². The van der Waals surface area contributed by atoms with E-state index in [4.69, 9.17) is 16.3 Å². The van der Waals surface area contributed by atoms with Crippen LogP contribution < -0.4 is 5.32 Å². The van der Waals surface area contributed by atoms with Crippen LogP contribution >= 0.6 is 22.9 Å². The highest BCUT2D eigenvalue weighted by molar-refractivity contribution is 7.21. The fourth-order valence-electron chi connectivity index (χ4n) is 3.04. The lowest BCUT2D eigenvalue weighted by atomic mass is 10.2. The van der Waals surface area contributed by atoms with Gasteiger partial charge in [-0.25, -0.2) is 13.6 Å². The first-order valence-electron chi connectivity index (χ1n) is 8.83. The van der Waals surface area contributed by atoms with E-state index in [9.17, 15) is 18.4 Å². The Balaban J connectivity index is 1.52. The minimum absolute atomic E-state index is 0.215. The summed E-state index contributed by atoms with van der Waals surface area (Å²) in [5.74, 6) is -0.800. The minimum atomic E-state index is -2.70. The van der Waals surface area contributed by atoms with Crippen molar-refractivity contribution >= 4 is 50.6 Å². The summed E-state index contributed by atoms with van der Waals surface area (Å²) in [4.78, 5) is 24.5. The second kappa shape index (κ2) is 7.72. The lowest BCUT2D eigenvalue weighted by Gasteiger charge is -2.08. The molecule has 152 valence electrons. The van der Waals surface area contributed by atoms with E-state index in [0.717, 1.165) is 28.9 Å². The molecule has 4 rings (SSSR count). The first-order valence-corrected chi connectivity index (χ1v) is 10.0. The van der Waals surface area contributed by atoms with Gasteiger partial charge < -0.3 is 10.1 Å². The Morgan fingerprint density at radius 1 is 1.38 bits per heavy atom. The van der Waals surface area contributed by atoms with Crippen molar-refractivity contribution in [3.8, 4) is 0 Å². The van der Waals surface area contributed by atoms with Gasteiger partial charge in [0.25, 0.3) is 6.43 Å². The largest absolute Gasteiger partial charge is 0.465 e. The number of rotatable bonds is 6. The fourth-order valence-corrected chi connectivity index (χ4v) is 4.50. The topological polar surface area (TPSA) is 73.2 Å². The van der Waals surface area contributed by atoms with E-state index in [0.29, 0.717) is 26.5 Å². The first kappa shape index (κ1) is 19.8. The molecule has 2 aromatic heterocycles. The number of nitrogens with one attached hydrogen (secondary N) is 1. The number of halogens is 3. The average molecular weight is 440 g/mol. The zero-order valence-corrected chi connectivity index (χ0v) is 16.8. The number of thiophene rings is 1. The molecule has 1 fully saturated rings. The molecule has 0 bridgehead atoms. The SMILES string of the molecule is COC(=O)c1sc2cc(NC(=O)Cn3nc(C4CC4)cc3C(F)F)ccc2c1Cl. The smallest absolute Gasteiger partial charge is 0.349 e. The van der Waals surface area contributed by atoms with E-state index in [1.807, 2.05) is 0 Å². The number of aromatic nitrogens is 2. The van der Waals surface area contributed by atoms with Crippen LogP contribution in [-0.2, 0) is 16.1 Å². The molecule has 10 heteroatoms. The lowest BCUT2D eigenvalue weighted by Crippen LogP contribution is -2.21. The van der Waals surface area contributed by atoms with Crippen LogP contribution in [0, 0.1) is 0 Å². The normalized spacial score (nSPS) is 13.8. The number of methoxy groups -OCH3 is 1. The third kappa shape index (κ3) is 3.97. The summed E-state index contributed by atoms with van der Waals surface area (Å²) in [6.45, 7) is -0.316. The third-order valence-electron chi connectivity index (χ3n) is 4.63. The maximum absolute atomic E-state index is 13.3. The van der Waals surface area contributed by atoms with Crippen molar-refractivity contribution in [1.29, 1.82) is 0 Å². The van der Waals surface area contributed by atoms with Gasteiger partial charge in [-0.3, -0.25) is 9.48 Å². The molecular formula is C19H16ClF2N3O3S. The number of benzene rings is 1. The summed E-state index contributed by atoms with van der Waals surface area (Å²) < 4.78 is 33.0. The number of hydrogen-bond donors (Lipinski definition) is 1. The van der Waals surface area contributed by atoms with E-state index in [1.54, 1.807) is 18.2 Å². The van der Waals surface area contributed by atoms with E-state index in [-0.39, 0.29) is 23.0 Å². The lowest BCUT2D eigenvalue weighted by molar-refractivity contribution is -0.117. The molecule has 0 saturated heterocycles. The molecule has 2 heterocycles. The maximum atomic E-state index is 13.3. The number of fused-ring (bicyclic) bond motifs is 1. The number of carbonyl (C=O) groups is 2. The third-order valence-corrected chi connectivity index (χ3v) is 6.26. The molecule has 0 radical (unpaired) electrons. The van der Waals surface area contributed by atoms with E-state index in [2.05, 4.69) is 10.4 Å². The number of carbonyl (C=O) groups excluding carboxylic acids is 2. The zero-order valence-electron chi connectivity index (χ0n) is 15.2. The molecule has 29 heavy (non-hydrogen) atoms. The minimum Gasteiger partial charge on any atom is -0.465 e. The van der Waals surface area contributed by atoms with Gasteiger partial charge in [0.15, 0.2) is 0 Å². The summed E-state index contributed by atoms with van der Waals surface area (Å²) in [6, 6.07) is 6.36. The van der Waals surface area contributed by atoms with Crippen molar-refractivity contribution in [3.05, 3.63) is 45.6 Å². The van der Waals surface area contributed by atoms with E-state index in [1.165, 1.54) is 13.2 Å². The summed E-state index contributed by atoms with van der Waals surface area (Å²) in [7, 11) is 1.27.